The SMILES string of the molecule is CN1CCN(c2ccc(C(=O)O)cc2S(=O)(=O)Nc2ccccc2)CC1. The molecule has 0 saturated carbocycles. The van der Waals surface area contributed by atoms with Crippen LogP contribution in [0.5, 0.6) is 0 Å². The van der Waals surface area contributed by atoms with E-state index in [-0.39, 0.29) is 10.5 Å². The summed E-state index contributed by atoms with van der Waals surface area (Å²) in [5, 5.41) is 9.27. The predicted octanol–water partition coefficient (Wildman–Crippen LogP) is 1.94. The Morgan fingerprint density at radius 2 is 1.69 bits per heavy atom. The topological polar surface area (TPSA) is 90.0 Å². The minimum atomic E-state index is -3.93. The summed E-state index contributed by atoms with van der Waals surface area (Å²) in [6.45, 7) is 2.98. The van der Waals surface area contributed by atoms with Crippen LogP contribution >= 0.6 is 0 Å². The molecule has 0 unspecified atom stereocenters. The van der Waals surface area contributed by atoms with Gasteiger partial charge in [0.1, 0.15) is 4.90 Å². The first-order valence-electron chi connectivity index (χ1n) is 8.25. The van der Waals surface area contributed by atoms with Crippen molar-refractivity contribution < 1.29 is 18.3 Å². The maximum Gasteiger partial charge on any atom is 0.335 e. The largest absolute Gasteiger partial charge is 0.478 e. The number of piperazine rings is 1. The van der Waals surface area contributed by atoms with E-state index in [0.717, 1.165) is 13.1 Å². The zero-order valence-electron chi connectivity index (χ0n) is 14.4. The van der Waals surface area contributed by atoms with Gasteiger partial charge >= 0.3 is 5.97 Å². The normalized spacial score (nSPS) is 15.7. The fourth-order valence-electron chi connectivity index (χ4n) is 2.89. The molecule has 1 heterocycles. The number of hydrogen-bond acceptors (Lipinski definition) is 5. The van der Waals surface area contributed by atoms with E-state index in [2.05, 4.69) is 9.62 Å². The molecule has 26 heavy (non-hydrogen) atoms. The molecule has 0 aromatic heterocycles. The third-order valence-electron chi connectivity index (χ3n) is 4.37. The number of nitrogens with zero attached hydrogens (tertiary/aromatic N) is 2. The highest BCUT2D eigenvalue weighted by molar-refractivity contribution is 7.92. The highest BCUT2D eigenvalue weighted by Crippen LogP contribution is 2.29. The smallest absolute Gasteiger partial charge is 0.335 e. The summed E-state index contributed by atoms with van der Waals surface area (Å²) in [7, 11) is -1.92. The van der Waals surface area contributed by atoms with Gasteiger partial charge in [-0.3, -0.25) is 4.72 Å². The molecule has 1 saturated heterocycles. The van der Waals surface area contributed by atoms with Gasteiger partial charge < -0.3 is 14.9 Å². The Morgan fingerprint density at radius 1 is 1.04 bits per heavy atom. The molecular formula is C18H21N3O4S. The molecule has 1 aliphatic heterocycles. The summed E-state index contributed by atoms with van der Waals surface area (Å²) < 4.78 is 28.5. The van der Waals surface area contributed by atoms with Gasteiger partial charge in [0, 0.05) is 31.9 Å². The minimum absolute atomic E-state index is 0.0224. The highest BCUT2D eigenvalue weighted by atomic mass is 32.2. The van der Waals surface area contributed by atoms with Crippen molar-refractivity contribution in [2.45, 2.75) is 4.90 Å². The van der Waals surface area contributed by atoms with Gasteiger partial charge in [0.2, 0.25) is 0 Å². The van der Waals surface area contributed by atoms with Crippen LogP contribution in [-0.4, -0.2) is 57.6 Å². The highest BCUT2D eigenvalue weighted by Gasteiger charge is 2.25. The Kier molecular flexibility index (Phi) is 5.15. The molecule has 8 heteroatoms. The van der Waals surface area contributed by atoms with Crippen LogP contribution in [0.3, 0.4) is 0 Å². The first kappa shape index (κ1) is 18.2. The number of carboxylic acid groups (broad SMARTS) is 1. The zero-order chi connectivity index (χ0) is 18.7. The summed E-state index contributed by atoms with van der Waals surface area (Å²) in [6, 6.07) is 12.8. The molecule has 0 radical (unpaired) electrons. The molecule has 1 aliphatic rings. The lowest BCUT2D eigenvalue weighted by molar-refractivity contribution is 0.0696. The van der Waals surface area contributed by atoms with Crippen LogP contribution in [0.15, 0.2) is 53.4 Å². The Labute approximate surface area is 152 Å². The first-order valence-corrected chi connectivity index (χ1v) is 9.74. The lowest BCUT2D eigenvalue weighted by Crippen LogP contribution is -2.45. The van der Waals surface area contributed by atoms with Gasteiger partial charge in [-0.15, -0.1) is 0 Å². The summed E-state index contributed by atoms with van der Waals surface area (Å²) in [5.74, 6) is -1.16. The summed E-state index contributed by atoms with van der Waals surface area (Å²) >= 11 is 0. The third-order valence-corrected chi connectivity index (χ3v) is 5.78. The lowest BCUT2D eigenvalue weighted by Gasteiger charge is -2.35. The maximum atomic E-state index is 13.0. The van der Waals surface area contributed by atoms with Gasteiger partial charge in [-0.2, -0.15) is 0 Å². The van der Waals surface area contributed by atoms with E-state index in [0.29, 0.717) is 24.5 Å². The third kappa shape index (κ3) is 3.97. The number of likely N-dealkylation sites (N-methyl/N-ethyl adjacent to an activating group) is 1. The minimum Gasteiger partial charge on any atom is -0.478 e. The van der Waals surface area contributed by atoms with Crippen LogP contribution in [-0.2, 0) is 10.0 Å². The summed E-state index contributed by atoms with van der Waals surface area (Å²) in [6.07, 6.45) is 0. The molecular weight excluding hydrogens is 354 g/mol. The monoisotopic (exact) mass is 375 g/mol. The van der Waals surface area contributed by atoms with E-state index in [1.165, 1.54) is 12.1 Å². The number of sulfonamides is 1. The number of aromatic carboxylic acids is 1. The lowest BCUT2D eigenvalue weighted by atomic mass is 10.2. The molecule has 0 bridgehead atoms. The van der Waals surface area contributed by atoms with E-state index in [9.17, 15) is 18.3 Å². The van der Waals surface area contributed by atoms with Crippen LogP contribution in [0.4, 0.5) is 11.4 Å². The molecule has 0 spiro atoms. The Bertz CT molecular complexity index is 892. The van der Waals surface area contributed by atoms with Crippen molar-refractivity contribution in [1.29, 1.82) is 0 Å². The van der Waals surface area contributed by atoms with Gasteiger partial charge in [0.05, 0.1) is 11.3 Å². The van der Waals surface area contributed by atoms with Crippen molar-refractivity contribution in [3.63, 3.8) is 0 Å². The van der Waals surface area contributed by atoms with Crippen LogP contribution in [0.2, 0.25) is 0 Å². The number of benzene rings is 2. The molecule has 138 valence electrons. The van der Waals surface area contributed by atoms with Crippen molar-refractivity contribution in [3.8, 4) is 0 Å². The van der Waals surface area contributed by atoms with E-state index in [4.69, 9.17) is 0 Å². The Hall–Kier alpha value is -2.58. The van der Waals surface area contributed by atoms with E-state index >= 15 is 0 Å². The fourth-order valence-corrected chi connectivity index (χ4v) is 4.20. The molecule has 2 aromatic carbocycles. The van der Waals surface area contributed by atoms with Gasteiger partial charge in [-0.25, -0.2) is 13.2 Å². The van der Waals surface area contributed by atoms with Crippen molar-refractivity contribution in [3.05, 3.63) is 54.1 Å². The number of hydrogen-bond donors (Lipinski definition) is 2. The number of nitrogens with one attached hydrogen (secondary N) is 1. The van der Waals surface area contributed by atoms with Gasteiger partial charge in [0.15, 0.2) is 0 Å². The molecule has 1 fully saturated rings. The van der Waals surface area contributed by atoms with Gasteiger partial charge in [-0.05, 0) is 37.4 Å². The number of rotatable bonds is 5. The first-order chi connectivity index (χ1) is 12.4. The zero-order valence-corrected chi connectivity index (χ0v) is 15.2. The second-order valence-corrected chi connectivity index (χ2v) is 7.90. The maximum absolute atomic E-state index is 13.0. The average molecular weight is 375 g/mol. The molecule has 2 aromatic rings. The van der Waals surface area contributed by atoms with Crippen LogP contribution in [0.25, 0.3) is 0 Å². The molecule has 0 amide bonds. The summed E-state index contributed by atoms with van der Waals surface area (Å²) in [5.41, 5.74) is 0.889. The number of carboxylic acids is 1. The number of para-hydroxylation sites is 1. The molecule has 0 aliphatic carbocycles. The van der Waals surface area contributed by atoms with Crippen LogP contribution in [0.1, 0.15) is 10.4 Å². The van der Waals surface area contributed by atoms with Gasteiger partial charge in [-0.1, -0.05) is 18.2 Å². The van der Waals surface area contributed by atoms with E-state index in [1.807, 2.05) is 11.9 Å². The molecule has 3 rings (SSSR count). The standard InChI is InChI=1S/C18H21N3O4S/c1-20-9-11-21(12-10-20)16-8-7-14(18(22)23)13-17(16)26(24,25)19-15-5-3-2-4-6-15/h2-8,13,19H,9-12H2,1H3,(H,22,23). The quantitative estimate of drug-likeness (QED) is 0.830. The predicted molar refractivity (Wildman–Crippen MR) is 100 cm³/mol. The van der Waals surface area contributed by atoms with Crippen molar-refractivity contribution >= 4 is 27.4 Å². The van der Waals surface area contributed by atoms with Crippen molar-refractivity contribution in [2.24, 2.45) is 0 Å². The summed E-state index contributed by atoms with van der Waals surface area (Å²) in [4.78, 5) is 15.5. The number of carbonyl (C=O) groups is 1. The molecule has 7 nitrogen and oxygen atoms in total. The van der Waals surface area contributed by atoms with Crippen LogP contribution in [0, 0.1) is 0 Å². The Morgan fingerprint density at radius 3 is 2.31 bits per heavy atom. The van der Waals surface area contributed by atoms with E-state index in [1.54, 1.807) is 36.4 Å². The average Bonchev–Trinajstić information content (AvgIpc) is 2.62. The van der Waals surface area contributed by atoms with Crippen LogP contribution < -0.4 is 9.62 Å². The second kappa shape index (κ2) is 7.35. The Balaban J connectivity index is 2.02. The molecule has 2 N–H and O–H groups in total. The van der Waals surface area contributed by atoms with E-state index < -0.39 is 16.0 Å². The number of anilines is 2. The fraction of sp³-hybridized carbons (Fsp3) is 0.278. The molecule has 0 atom stereocenters. The van der Waals surface area contributed by atoms with Crippen molar-refractivity contribution in [2.75, 3.05) is 42.8 Å². The van der Waals surface area contributed by atoms with Gasteiger partial charge in [0.25, 0.3) is 10.0 Å². The second-order valence-electron chi connectivity index (χ2n) is 6.25. The van der Waals surface area contributed by atoms with Crippen molar-refractivity contribution in [1.82, 2.24) is 4.90 Å².